The molecule has 0 aliphatic carbocycles. The molecule has 6 heteroatoms. The molecule has 0 radical (unpaired) electrons. The molecule has 0 aliphatic heterocycles. The monoisotopic (exact) mass is 306 g/mol. The van der Waals surface area contributed by atoms with Gasteiger partial charge in [-0.1, -0.05) is 0 Å². The molecule has 0 saturated carbocycles. The predicted octanol–water partition coefficient (Wildman–Crippen LogP) is 2.98. The zero-order valence-corrected chi connectivity index (χ0v) is 13.0. The number of nitrogens with zero attached hydrogens (tertiary/aromatic N) is 2. The molecule has 0 amide bonds. The van der Waals surface area contributed by atoms with Gasteiger partial charge in [-0.2, -0.15) is 0 Å². The number of benzene rings is 1. The summed E-state index contributed by atoms with van der Waals surface area (Å²) in [5.41, 5.74) is 1.01. The molecule has 2 aromatic rings. The molecule has 0 atom stereocenters. The van der Waals surface area contributed by atoms with Crippen LogP contribution in [0.5, 0.6) is 0 Å². The molecular formula is C14H18N4S2. The molecule has 0 saturated heterocycles. The summed E-state index contributed by atoms with van der Waals surface area (Å²) in [6.45, 7) is 1.78. The van der Waals surface area contributed by atoms with Gasteiger partial charge in [-0.25, -0.2) is 4.98 Å². The number of anilines is 1. The van der Waals surface area contributed by atoms with Crippen LogP contribution in [0.2, 0.25) is 0 Å². The molecule has 0 aliphatic rings. The standard InChI is InChI=1S/C14H18N4S2/c1-20-13-5-3-12(4-6-13)17-14(19)16-7-2-9-18-10-8-15-11-18/h3-6,8,10-11H,2,7,9H2,1H3,(H2,16,17,19). The number of rotatable bonds is 6. The van der Waals surface area contributed by atoms with Gasteiger partial charge in [0.2, 0.25) is 0 Å². The molecule has 20 heavy (non-hydrogen) atoms. The molecule has 0 bridgehead atoms. The van der Waals surface area contributed by atoms with E-state index in [2.05, 4.69) is 38.6 Å². The fourth-order valence-corrected chi connectivity index (χ4v) is 2.36. The number of imidazole rings is 1. The van der Waals surface area contributed by atoms with Gasteiger partial charge >= 0.3 is 0 Å². The van der Waals surface area contributed by atoms with Crippen molar-refractivity contribution in [3.63, 3.8) is 0 Å². The average molecular weight is 306 g/mol. The van der Waals surface area contributed by atoms with Gasteiger partial charge in [0.15, 0.2) is 5.11 Å². The SMILES string of the molecule is CSc1ccc(NC(=S)NCCCn2ccnc2)cc1. The van der Waals surface area contributed by atoms with Crippen molar-refractivity contribution in [2.75, 3.05) is 18.1 Å². The summed E-state index contributed by atoms with van der Waals surface area (Å²) in [5, 5.41) is 7.04. The predicted molar refractivity (Wildman–Crippen MR) is 89.3 cm³/mol. The van der Waals surface area contributed by atoms with Crippen molar-refractivity contribution in [1.29, 1.82) is 0 Å². The van der Waals surface area contributed by atoms with E-state index >= 15 is 0 Å². The van der Waals surface area contributed by atoms with Gasteiger partial charge in [0.25, 0.3) is 0 Å². The Morgan fingerprint density at radius 3 is 2.80 bits per heavy atom. The fourth-order valence-electron chi connectivity index (χ4n) is 1.73. The molecule has 1 aromatic carbocycles. The third-order valence-electron chi connectivity index (χ3n) is 2.79. The lowest BCUT2D eigenvalue weighted by atomic mass is 10.3. The number of thiocarbonyl (C=S) groups is 1. The van der Waals surface area contributed by atoms with E-state index in [1.165, 1.54) is 4.90 Å². The van der Waals surface area contributed by atoms with Crippen LogP contribution in [0.15, 0.2) is 47.9 Å². The van der Waals surface area contributed by atoms with Crippen molar-refractivity contribution >= 4 is 34.8 Å². The third kappa shape index (κ3) is 4.86. The minimum absolute atomic E-state index is 0.660. The van der Waals surface area contributed by atoms with E-state index in [0.29, 0.717) is 5.11 Å². The Labute approximate surface area is 129 Å². The van der Waals surface area contributed by atoms with E-state index in [1.54, 1.807) is 18.0 Å². The summed E-state index contributed by atoms with van der Waals surface area (Å²) in [7, 11) is 0. The number of aryl methyl sites for hydroxylation is 1. The third-order valence-corrected chi connectivity index (χ3v) is 3.78. The number of hydrogen-bond acceptors (Lipinski definition) is 3. The number of nitrogens with one attached hydrogen (secondary N) is 2. The molecule has 106 valence electrons. The molecular weight excluding hydrogens is 288 g/mol. The smallest absolute Gasteiger partial charge is 0.170 e. The van der Waals surface area contributed by atoms with Crippen LogP contribution in [0.3, 0.4) is 0 Å². The largest absolute Gasteiger partial charge is 0.362 e. The van der Waals surface area contributed by atoms with Crippen LogP contribution in [0.25, 0.3) is 0 Å². The molecule has 1 aromatic heterocycles. The number of thioether (sulfide) groups is 1. The summed E-state index contributed by atoms with van der Waals surface area (Å²) < 4.78 is 2.05. The van der Waals surface area contributed by atoms with Crippen LogP contribution in [0, 0.1) is 0 Å². The van der Waals surface area contributed by atoms with Crippen molar-refractivity contribution in [3.8, 4) is 0 Å². The highest BCUT2D eigenvalue weighted by molar-refractivity contribution is 7.98. The maximum absolute atomic E-state index is 5.26. The van der Waals surface area contributed by atoms with Crippen LogP contribution in [-0.4, -0.2) is 27.5 Å². The van der Waals surface area contributed by atoms with E-state index in [9.17, 15) is 0 Å². The first-order valence-electron chi connectivity index (χ1n) is 6.42. The topological polar surface area (TPSA) is 41.9 Å². The van der Waals surface area contributed by atoms with Crippen LogP contribution < -0.4 is 10.6 Å². The lowest BCUT2D eigenvalue weighted by Gasteiger charge is -2.11. The summed E-state index contributed by atoms with van der Waals surface area (Å²) in [6, 6.07) is 8.22. The Balaban J connectivity index is 1.66. The Bertz CT molecular complexity index is 523. The van der Waals surface area contributed by atoms with Gasteiger partial charge in [-0.15, -0.1) is 11.8 Å². The summed E-state index contributed by atoms with van der Waals surface area (Å²) in [5.74, 6) is 0. The highest BCUT2D eigenvalue weighted by Crippen LogP contribution is 2.17. The van der Waals surface area contributed by atoms with Gasteiger partial charge in [-0.05, 0) is 49.2 Å². The maximum Gasteiger partial charge on any atom is 0.170 e. The van der Waals surface area contributed by atoms with Crippen molar-refractivity contribution in [1.82, 2.24) is 14.9 Å². The van der Waals surface area contributed by atoms with E-state index in [-0.39, 0.29) is 0 Å². The van der Waals surface area contributed by atoms with Crippen LogP contribution in [0.4, 0.5) is 5.69 Å². The van der Waals surface area contributed by atoms with Crippen molar-refractivity contribution in [2.45, 2.75) is 17.9 Å². The molecule has 1 heterocycles. The second-order valence-corrected chi connectivity index (χ2v) is 5.55. The highest BCUT2D eigenvalue weighted by Gasteiger charge is 1.98. The van der Waals surface area contributed by atoms with Crippen LogP contribution in [-0.2, 0) is 6.54 Å². The first-order chi connectivity index (χ1) is 9.78. The minimum Gasteiger partial charge on any atom is -0.362 e. The van der Waals surface area contributed by atoms with Crippen molar-refractivity contribution < 1.29 is 0 Å². The molecule has 2 rings (SSSR count). The normalized spacial score (nSPS) is 10.2. The fraction of sp³-hybridized carbons (Fsp3) is 0.286. The van der Waals surface area contributed by atoms with Gasteiger partial charge < -0.3 is 15.2 Å². The highest BCUT2D eigenvalue weighted by atomic mass is 32.2. The lowest BCUT2D eigenvalue weighted by molar-refractivity contribution is 0.632. The second-order valence-electron chi connectivity index (χ2n) is 4.26. The molecule has 2 N–H and O–H groups in total. The number of hydrogen-bond donors (Lipinski definition) is 2. The van der Waals surface area contributed by atoms with Crippen molar-refractivity contribution in [3.05, 3.63) is 43.0 Å². The van der Waals surface area contributed by atoms with Gasteiger partial charge in [0.05, 0.1) is 6.33 Å². The Hall–Kier alpha value is -1.53. The van der Waals surface area contributed by atoms with Gasteiger partial charge in [0, 0.05) is 36.1 Å². The van der Waals surface area contributed by atoms with E-state index in [1.807, 2.05) is 24.7 Å². The van der Waals surface area contributed by atoms with E-state index < -0.39 is 0 Å². The Morgan fingerprint density at radius 2 is 2.15 bits per heavy atom. The first-order valence-corrected chi connectivity index (χ1v) is 8.06. The van der Waals surface area contributed by atoms with Crippen LogP contribution >= 0.6 is 24.0 Å². The number of aromatic nitrogens is 2. The molecule has 4 nitrogen and oxygen atoms in total. The average Bonchev–Trinajstić information content (AvgIpc) is 2.98. The summed E-state index contributed by atoms with van der Waals surface area (Å²) in [4.78, 5) is 5.25. The minimum atomic E-state index is 0.660. The van der Waals surface area contributed by atoms with Gasteiger partial charge in [0.1, 0.15) is 0 Å². The zero-order valence-electron chi connectivity index (χ0n) is 11.4. The Morgan fingerprint density at radius 1 is 1.35 bits per heavy atom. The van der Waals surface area contributed by atoms with Gasteiger partial charge in [-0.3, -0.25) is 0 Å². The lowest BCUT2D eigenvalue weighted by Crippen LogP contribution is -2.29. The quantitative estimate of drug-likeness (QED) is 0.488. The second kappa shape index (κ2) is 7.91. The summed E-state index contributed by atoms with van der Waals surface area (Å²) >= 11 is 6.99. The molecule has 0 unspecified atom stereocenters. The summed E-state index contributed by atoms with van der Waals surface area (Å²) in [6.07, 6.45) is 8.64. The van der Waals surface area contributed by atoms with Crippen LogP contribution in [0.1, 0.15) is 6.42 Å². The van der Waals surface area contributed by atoms with E-state index in [4.69, 9.17) is 12.2 Å². The molecule has 0 fully saturated rings. The zero-order chi connectivity index (χ0) is 14.2. The Kier molecular flexibility index (Phi) is 5.88. The van der Waals surface area contributed by atoms with E-state index in [0.717, 1.165) is 25.2 Å². The first kappa shape index (κ1) is 14.9. The maximum atomic E-state index is 5.26. The molecule has 0 spiro atoms. The van der Waals surface area contributed by atoms with Crippen molar-refractivity contribution in [2.24, 2.45) is 0 Å².